The standard InChI is InChI=1S/C13H13N5O4S/c1-21-10(22-2)7-18-11(9-4-3-5-23-9)15-6-8(13(18)20)12(19)16-17-14/h3-6,10H,7H2,1-2H3. The van der Waals surface area contributed by atoms with Crippen molar-refractivity contribution in [1.29, 1.82) is 0 Å². The van der Waals surface area contributed by atoms with Crippen LogP contribution in [0.2, 0.25) is 0 Å². The highest BCUT2D eigenvalue weighted by Crippen LogP contribution is 2.22. The van der Waals surface area contributed by atoms with Gasteiger partial charge in [0.25, 0.3) is 11.5 Å². The summed E-state index contributed by atoms with van der Waals surface area (Å²) >= 11 is 1.39. The number of amides is 1. The minimum atomic E-state index is -0.983. The Hall–Kier alpha value is -2.52. The van der Waals surface area contributed by atoms with Crippen LogP contribution in [0.1, 0.15) is 10.4 Å². The summed E-state index contributed by atoms with van der Waals surface area (Å²) < 4.78 is 11.5. The smallest absolute Gasteiger partial charge is 0.265 e. The second-order valence-corrected chi connectivity index (χ2v) is 5.23. The van der Waals surface area contributed by atoms with E-state index in [1.165, 1.54) is 30.1 Å². The molecule has 0 unspecified atom stereocenters. The van der Waals surface area contributed by atoms with Crippen LogP contribution in [-0.4, -0.2) is 36.0 Å². The molecule has 0 spiro atoms. The van der Waals surface area contributed by atoms with Gasteiger partial charge in [-0.3, -0.25) is 14.2 Å². The Balaban J connectivity index is 2.60. The van der Waals surface area contributed by atoms with Crippen LogP contribution < -0.4 is 5.56 Å². The van der Waals surface area contributed by atoms with Crippen LogP contribution in [-0.2, 0) is 16.0 Å². The number of nitrogens with zero attached hydrogens (tertiary/aromatic N) is 5. The van der Waals surface area contributed by atoms with Crippen LogP contribution in [0.15, 0.2) is 33.6 Å². The summed E-state index contributed by atoms with van der Waals surface area (Å²) in [6, 6.07) is 3.62. The molecule has 0 saturated heterocycles. The molecule has 0 bridgehead atoms. The highest BCUT2D eigenvalue weighted by Gasteiger charge is 2.19. The lowest BCUT2D eigenvalue weighted by atomic mass is 10.3. The van der Waals surface area contributed by atoms with Crippen molar-refractivity contribution in [1.82, 2.24) is 9.55 Å². The number of hydrogen-bond donors (Lipinski definition) is 0. The predicted molar refractivity (Wildman–Crippen MR) is 83.1 cm³/mol. The predicted octanol–water partition coefficient (Wildman–Crippen LogP) is 2.04. The van der Waals surface area contributed by atoms with Gasteiger partial charge in [0.1, 0.15) is 5.56 Å². The summed E-state index contributed by atoms with van der Waals surface area (Å²) in [7, 11) is 2.87. The van der Waals surface area contributed by atoms with E-state index in [0.29, 0.717) is 5.82 Å². The average molecular weight is 335 g/mol. The third-order valence-corrected chi connectivity index (χ3v) is 3.88. The molecule has 9 nitrogen and oxygen atoms in total. The first-order valence-electron chi connectivity index (χ1n) is 6.41. The average Bonchev–Trinajstić information content (AvgIpc) is 3.08. The summed E-state index contributed by atoms with van der Waals surface area (Å²) in [5.41, 5.74) is 7.42. The van der Waals surface area contributed by atoms with Gasteiger partial charge in [-0.25, -0.2) is 4.98 Å². The van der Waals surface area contributed by atoms with Crippen LogP contribution >= 0.6 is 11.3 Å². The minimum Gasteiger partial charge on any atom is -0.354 e. The zero-order chi connectivity index (χ0) is 16.8. The Morgan fingerprint density at radius 3 is 2.83 bits per heavy atom. The molecule has 1 amide bonds. The number of aromatic nitrogens is 2. The molecule has 10 heteroatoms. The van der Waals surface area contributed by atoms with Gasteiger partial charge in [-0.1, -0.05) is 6.07 Å². The number of rotatable bonds is 6. The number of thiophene rings is 1. The molecular weight excluding hydrogens is 322 g/mol. The van der Waals surface area contributed by atoms with Crippen LogP contribution in [0.25, 0.3) is 21.1 Å². The van der Waals surface area contributed by atoms with Gasteiger partial charge < -0.3 is 9.47 Å². The van der Waals surface area contributed by atoms with E-state index in [-0.39, 0.29) is 12.1 Å². The van der Waals surface area contributed by atoms with Crippen molar-refractivity contribution in [3.05, 3.63) is 50.1 Å². The fourth-order valence-electron chi connectivity index (χ4n) is 1.90. The van der Waals surface area contributed by atoms with Crippen molar-refractivity contribution in [2.45, 2.75) is 12.8 Å². The first-order chi connectivity index (χ1) is 11.1. The van der Waals surface area contributed by atoms with Crippen molar-refractivity contribution in [3.63, 3.8) is 0 Å². The Labute approximate surface area is 134 Å². The Bertz CT molecular complexity index is 791. The van der Waals surface area contributed by atoms with E-state index < -0.39 is 17.8 Å². The second-order valence-electron chi connectivity index (χ2n) is 4.28. The molecule has 2 aromatic heterocycles. The zero-order valence-electron chi connectivity index (χ0n) is 12.4. The van der Waals surface area contributed by atoms with E-state index in [1.807, 2.05) is 11.4 Å². The highest BCUT2D eigenvalue weighted by atomic mass is 32.1. The summed E-state index contributed by atoms with van der Waals surface area (Å²) in [6.07, 6.45) is 0.414. The molecule has 0 aliphatic rings. The van der Waals surface area contributed by atoms with Crippen molar-refractivity contribution < 1.29 is 14.3 Å². The molecule has 2 heterocycles. The van der Waals surface area contributed by atoms with E-state index >= 15 is 0 Å². The van der Waals surface area contributed by atoms with Crippen LogP contribution in [0, 0.1) is 0 Å². The molecule has 0 atom stereocenters. The normalized spacial score (nSPS) is 10.6. The van der Waals surface area contributed by atoms with Gasteiger partial charge in [0.15, 0.2) is 12.1 Å². The zero-order valence-corrected chi connectivity index (χ0v) is 13.2. The van der Waals surface area contributed by atoms with Crippen molar-refractivity contribution >= 4 is 17.2 Å². The van der Waals surface area contributed by atoms with Crippen molar-refractivity contribution in [3.8, 4) is 10.7 Å². The maximum Gasteiger partial charge on any atom is 0.265 e. The number of carbonyl (C=O) groups is 1. The SMILES string of the molecule is COC(Cn1c(-c2cccs2)ncc(C(=O)N=[N+]=[N-])c1=O)OC. The molecule has 23 heavy (non-hydrogen) atoms. The fraction of sp³-hybridized carbons (Fsp3) is 0.308. The van der Waals surface area contributed by atoms with E-state index in [4.69, 9.17) is 15.0 Å². The number of carbonyl (C=O) groups excluding carboxylic acids is 1. The van der Waals surface area contributed by atoms with Crippen LogP contribution in [0.5, 0.6) is 0 Å². The number of azide groups is 1. The minimum absolute atomic E-state index is 0.0312. The van der Waals surface area contributed by atoms with Crippen LogP contribution in [0.4, 0.5) is 0 Å². The van der Waals surface area contributed by atoms with Gasteiger partial charge in [0, 0.05) is 25.3 Å². The first kappa shape index (κ1) is 16.8. The summed E-state index contributed by atoms with van der Waals surface area (Å²) in [6.45, 7) is 0.0312. The van der Waals surface area contributed by atoms with Crippen LogP contribution in [0.3, 0.4) is 0 Å². The molecule has 2 aromatic rings. The Morgan fingerprint density at radius 1 is 1.52 bits per heavy atom. The number of ether oxygens (including phenoxy) is 2. The molecule has 0 aromatic carbocycles. The fourth-order valence-corrected chi connectivity index (χ4v) is 2.63. The molecular formula is C13H13N5O4S. The van der Waals surface area contributed by atoms with Crippen molar-refractivity contribution in [2.75, 3.05) is 14.2 Å². The second kappa shape index (κ2) is 7.65. The molecule has 0 fully saturated rings. The maximum atomic E-state index is 12.6. The lowest BCUT2D eigenvalue weighted by molar-refractivity contribution is -0.111. The van der Waals surface area contributed by atoms with E-state index in [0.717, 1.165) is 11.1 Å². The topological polar surface area (TPSA) is 119 Å². The van der Waals surface area contributed by atoms with Gasteiger partial charge in [-0.2, -0.15) is 0 Å². The molecule has 0 aliphatic heterocycles. The molecule has 2 rings (SSSR count). The lowest BCUT2D eigenvalue weighted by Crippen LogP contribution is -2.33. The van der Waals surface area contributed by atoms with E-state index in [1.54, 1.807) is 6.07 Å². The molecule has 0 aliphatic carbocycles. The third-order valence-electron chi connectivity index (χ3n) is 3.01. The lowest BCUT2D eigenvalue weighted by Gasteiger charge is -2.17. The van der Waals surface area contributed by atoms with Gasteiger partial charge in [0.05, 0.1) is 11.4 Å². The van der Waals surface area contributed by atoms with Gasteiger partial charge in [-0.15, -0.1) is 11.3 Å². The first-order valence-corrected chi connectivity index (χ1v) is 7.29. The highest BCUT2D eigenvalue weighted by molar-refractivity contribution is 7.13. The van der Waals surface area contributed by atoms with E-state index in [2.05, 4.69) is 15.0 Å². The van der Waals surface area contributed by atoms with Gasteiger partial charge >= 0.3 is 0 Å². The maximum absolute atomic E-state index is 12.6. The number of hydrogen-bond acceptors (Lipinski definition) is 6. The third kappa shape index (κ3) is 3.63. The summed E-state index contributed by atoms with van der Waals surface area (Å²) in [4.78, 5) is 31.6. The Kier molecular flexibility index (Phi) is 5.61. The van der Waals surface area contributed by atoms with E-state index in [9.17, 15) is 9.59 Å². The summed E-state index contributed by atoms with van der Waals surface area (Å²) in [5.74, 6) is -0.607. The molecule has 0 saturated carbocycles. The quantitative estimate of drug-likeness (QED) is 0.346. The molecule has 0 N–H and O–H groups in total. The van der Waals surface area contributed by atoms with Gasteiger partial charge in [-0.05, 0) is 22.1 Å². The number of methoxy groups -OCH3 is 2. The molecule has 0 radical (unpaired) electrons. The van der Waals surface area contributed by atoms with Gasteiger partial charge in [0.2, 0.25) is 0 Å². The summed E-state index contributed by atoms with van der Waals surface area (Å²) in [5, 5.41) is 4.78. The monoisotopic (exact) mass is 335 g/mol. The molecule has 120 valence electrons. The Morgan fingerprint density at radius 2 is 2.26 bits per heavy atom. The largest absolute Gasteiger partial charge is 0.354 e. The van der Waals surface area contributed by atoms with Crippen molar-refractivity contribution in [2.24, 2.45) is 5.11 Å².